The van der Waals surface area contributed by atoms with E-state index in [1.54, 1.807) is 18.2 Å². The number of nitro benzene ring substituents is 1. The van der Waals surface area contributed by atoms with Crippen molar-refractivity contribution in [3.05, 3.63) is 75.3 Å². The van der Waals surface area contributed by atoms with Crippen LogP contribution < -0.4 is 5.32 Å². The lowest BCUT2D eigenvalue weighted by Gasteiger charge is -2.17. The maximum atomic E-state index is 12.3. The Bertz CT molecular complexity index is 696. The molecule has 0 aromatic heterocycles. The third-order valence-electron chi connectivity index (χ3n) is 3.76. The van der Waals surface area contributed by atoms with Crippen molar-refractivity contribution >= 4 is 11.6 Å². The van der Waals surface area contributed by atoms with E-state index >= 15 is 0 Å². The SMILES string of the molecule is CC[C@@H](NC(=O)Cc1ccccc1[N+](=O)[O-])c1ccc(C)cc1. The molecule has 0 saturated heterocycles. The van der Waals surface area contributed by atoms with Crippen molar-refractivity contribution in [2.75, 3.05) is 0 Å². The molecule has 0 aliphatic carbocycles. The lowest BCUT2D eigenvalue weighted by Crippen LogP contribution is -2.29. The van der Waals surface area contributed by atoms with Gasteiger partial charge in [-0.3, -0.25) is 14.9 Å². The molecule has 1 atom stereocenters. The Kier molecular flexibility index (Phi) is 5.46. The van der Waals surface area contributed by atoms with Crippen LogP contribution in [0, 0.1) is 17.0 Å². The highest BCUT2D eigenvalue weighted by Crippen LogP contribution is 2.20. The van der Waals surface area contributed by atoms with Crippen LogP contribution in [0.3, 0.4) is 0 Å². The van der Waals surface area contributed by atoms with Gasteiger partial charge in [0.25, 0.3) is 5.69 Å². The summed E-state index contributed by atoms with van der Waals surface area (Å²) in [5.41, 5.74) is 2.60. The number of nitrogens with zero attached hydrogens (tertiary/aromatic N) is 1. The molecule has 0 unspecified atom stereocenters. The molecular formula is C18H20N2O3. The molecule has 2 aromatic rings. The highest BCUT2D eigenvalue weighted by molar-refractivity contribution is 5.80. The fourth-order valence-electron chi connectivity index (χ4n) is 2.48. The number of amides is 1. The zero-order chi connectivity index (χ0) is 16.8. The van der Waals surface area contributed by atoms with Gasteiger partial charge in [0.15, 0.2) is 0 Å². The fraction of sp³-hybridized carbons (Fsp3) is 0.278. The van der Waals surface area contributed by atoms with Gasteiger partial charge in [-0.05, 0) is 18.9 Å². The normalized spacial score (nSPS) is 11.7. The van der Waals surface area contributed by atoms with Crippen molar-refractivity contribution in [2.45, 2.75) is 32.7 Å². The first-order valence-corrected chi connectivity index (χ1v) is 7.59. The molecule has 23 heavy (non-hydrogen) atoms. The van der Waals surface area contributed by atoms with Gasteiger partial charge < -0.3 is 5.32 Å². The van der Waals surface area contributed by atoms with E-state index in [-0.39, 0.29) is 24.1 Å². The molecule has 1 amide bonds. The Labute approximate surface area is 135 Å². The van der Waals surface area contributed by atoms with E-state index in [1.165, 1.54) is 6.07 Å². The molecule has 5 heteroatoms. The van der Waals surface area contributed by atoms with Crippen molar-refractivity contribution in [3.63, 3.8) is 0 Å². The number of benzene rings is 2. The minimum Gasteiger partial charge on any atom is -0.349 e. The van der Waals surface area contributed by atoms with E-state index < -0.39 is 4.92 Å². The Morgan fingerprint density at radius 3 is 2.43 bits per heavy atom. The molecule has 0 aliphatic rings. The Morgan fingerprint density at radius 1 is 1.17 bits per heavy atom. The molecule has 2 rings (SSSR count). The molecule has 0 spiro atoms. The number of rotatable bonds is 6. The monoisotopic (exact) mass is 312 g/mol. The summed E-state index contributed by atoms with van der Waals surface area (Å²) in [6, 6.07) is 14.2. The second kappa shape index (κ2) is 7.54. The number of para-hydroxylation sites is 1. The van der Waals surface area contributed by atoms with Crippen LogP contribution >= 0.6 is 0 Å². The van der Waals surface area contributed by atoms with Crippen LogP contribution in [-0.2, 0) is 11.2 Å². The van der Waals surface area contributed by atoms with Crippen molar-refractivity contribution in [1.29, 1.82) is 0 Å². The molecule has 0 saturated carbocycles. The van der Waals surface area contributed by atoms with Gasteiger partial charge in [0.1, 0.15) is 0 Å². The lowest BCUT2D eigenvalue weighted by atomic mass is 10.0. The van der Waals surface area contributed by atoms with Crippen LogP contribution in [0.25, 0.3) is 0 Å². The standard InChI is InChI=1S/C18H20N2O3/c1-3-16(14-10-8-13(2)9-11-14)19-18(21)12-15-6-4-5-7-17(15)20(22)23/h4-11,16H,3,12H2,1-2H3,(H,19,21)/t16-/m1/s1. The van der Waals surface area contributed by atoms with E-state index in [2.05, 4.69) is 5.32 Å². The summed E-state index contributed by atoms with van der Waals surface area (Å²) in [5.74, 6) is -0.216. The van der Waals surface area contributed by atoms with E-state index in [9.17, 15) is 14.9 Å². The second-order valence-electron chi connectivity index (χ2n) is 5.50. The second-order valence-corrected chi connectivity index (χ2v) is 5.50. The van der Waals surface area contributed by atoms with E-state index in [0.29, 0.717) is 5.56 Å². The number of nitro groups is 1. The Balaban J connectivity index is 2.09. The number of hydrogen-bond donors (Lipinski definition) is 1. The Morgan fingerprint density at radius 2 is 1.83 bits per heavy atom. The summed E-state index contributed by atoms with van der Waals surface area (Å²) in [4.78, 5) is 22.8. The number of hydrogen-bond acceptors (Lipinski definition) is 3. The van der Waals surface area contributed by atoms with Gasteiger partial charge in [0, 0.05) is 11.6 Å². The van der Waals surface area contributed by atoms with Crippen molar-refractivity contribution < 1.29 is 9.72 Å². The van der Waals surface area contributed by atoms with Crippen LogP contribution in [-0.4, -0.2) is 10.8 Å². The number of carbonyl (C=O) groups excluding carboxylic acids is 1. The fourth-order valence-corrected chi connectivity index (χ4v) is 2.48. The van der Waals surface area contributed by atoms with Gasteiger partial charge in [-0.25, -0.2) is 0 Å². The third-order valence-corrected chi connectivity index (χ3v) is 3.76. The maximum Gasteiger partial charge on any atom is 0.273 e. The van der Waals surface area contributed by atoms with Crippen LogP contribution in [0.15, 0.2) is 48.5 Å². The smallest absolute Gasteiger partial charge is 0.273 e. The predicted molar refractivity (Wildman–Crippen MR) is 89.2 cm³/mol. The van der Waals surface area contributed by atoms with E-state index in [0.717, 1.165) is 17.5 Å². The number of aryl methyl sites for hydroxylation is 1. The van der Waals surface area contributed by atoms with Crippen LogP contribution in [0.2, 0.25) is 0 Å². The summed E-state index contributed by atoms with van der Waals surface area (Å²) in [6.45, 7) is 4.01. The Hall–Kier alpha value is -2.69. The largest absolute Gasteiger partial charge is 0.349 e. The summed E-state index contributed by atoms with van der Waals surface area (Å²) < 4.78 is 0. The zero-order valence-corrected chi connectivity index (χ0v) is 13.3. The van der Waals surface area contributed by atoms with E-state index in [4.69, 9.17) is 0 Å². The molecule has 2 aromatic carbocycles. The molecule has 1 N–H and O–H groups in total. The molecular weight excluding hydrogens is 292 g/mol. The highest BCUT2D eigenvalue weighted by atomic mass is 16.6. The summed E-state index contributed by atoms with van der Waals surface area (Å²) in [7, 11) is 0. The highest BCUT2D eigenvalue weighted by Gasteiger charge is 2.18. The van der Waals surface area contributed by atoms with Crippen molar-refractivity contribution in [3.8, 4) is 0 Å². The molecule has 0 heterocycles. The predicted octanol–water partition coefficient (Wildman–Crippen LogP) is 3.71. The first kappa shape index (κ1) is 16.7. The van der Waals surface area contributed by atoms with Gasteiger partial charge in [-0.15, -0.1) is 0 Å². The molecule has 0 aliphatic heterocycles. The molecule has 120 valence electrons. The zero-order valence-electron chi connectivity index (χ0n) is 13.3. The number of nitrogens with one attached hydrogen (secondary N) is 1. The summed E-state index contributed by atoms with van der Waals surface area (Å²) >= 11 is 0. The van der Waals surface area contributed by atoms with Gasteiger partial charge in [0.2, 0.25) is 5.91 Å². The minimum atomic E-state index is -0.458. The number of carbonyl (C=O) groups is 1. The quantitative estimate of drug-likeness (QED) is 0.652. The van der Waals surface area contributed by atoms with E-state index in [1.807, 2.05) is 38.1 Å². The lowest BCUT2D eigenvalue weighted by molar-refractivity contribution is -0.385. The summed E-state index contributed by atoms with van der Waals surface area (Å²) in [5, 5.41) is 14.0. The van der Waals surface area contributed by atoms with Gasteiger partial charge in [-0.1, -0.05) is 55.0 Å². The first-order chi connectivity index (χ1) is 11.0. The van der Waals surface area contributed by atoms with Crippen LogP contribution in [0.1, 0.15) is 36.1 Å². The van der Waals surface area contributed by atoms with Gasteiger partial charge >= 0.3 is 0 Å². The van der Waals surface area contributed by atoms with Gasteiger partial charge in [0.05, 0.1) is 17.4 Å². The average molecular weight is 312 g/mol. The maximum absolute atomic E-state index is 12.3. The van der Waals surface area contributed by atoms with Crippen molar-refractivity contribution in [1.82, 2.24) is 5.32 Å². The molecule has 0 radical (unpaired) electrons. The summed E-state index contributed by atoms with van der Waals surface area (Å²) in [6.07, 6.45) is 0.755. The molecule has 0 fully saturated rings. The minimum absolute atomic E-state index is 0.000481. The first-order valence-electron chi connectivity index (χ1n) is 7.59. The van der Waals surface area contributed by atoms with Crippen LogP contribution in [0.4, 0.5) is 5.69 Å². The molecule has 0 bridgehead atoms. The van der Waals surface area contributed by atoms with Crippen LogP contribution in [0.5, 0.6) is 0 Å². The van der Waals surface area contributed by atoms with Crippen molar-refractivity contribution in [2.24, 2.45) is 0 Å². The topological polar surface area (TPSA) is 72.2 Å². The van der Waals surface area contributed by atoms with Gasteiger partial charge in [-0.2, -0.15) is 0 Å². The molecule has 5 nitrogen and oxygen atoms in total. The third kappa shape index (κ3) is 4.39. The average Bonchev–Trinajstić information content (AvgIpc) is 2.54.